The molecule has 1 saturated heterocycles. The predicted molar refractivity (Wildman–Crippen MR) is 82.1 cm³/mol. The Labute approximate surface area is 129 Å². The third-order valence-corrected chi connectivity index (χ3v) is 3.42. The molecule has 0 aliphatic carbocycles. The van der Waals surface area contributed by atoms with Crippen LogP contribution < -0.4 is 10.6 Å². The van der Waals surface area contributed by atoms with Crippen LogP contribution in [0.2, 0.25) is 0 Å². The van der Waals surface area contributed by atoms with Gasteiger partial charge in [-0.25, -0.2) is 4.79 Å². The lowest BCUT2D eigenvalue weighted by Crippen LogP contribution is -2.43. The highest BCUT2D eigenvalue weighted by Crippen LogP contribution is 2.12. The predicted octanol–water partition coefficient (Wildman–Crippen LogP) is 1.06. The highest BCUT2D eigenvalue weighted by atomic mass is 16.2. The summed E-state index contributed by atoms with van der Waals surface area (Å²) in [5.74, 6) is -0.665. The quantitative estimate of drug-likeness (QED) is 0.771. The molecule has 0 bridgehead atoms. The van der Waals surface area contributed by atoms with Crippen LogP contribution in [0.5, 0.6) is 0 Å². The first kappa shape index (κ1) is 16.0. The summed E-state index contributed by atoms with van der Waals surface area (Å²) < 4.78 is 0. The van der Waals surface area contributed by atoms with E-state index in [4.69, 9.17) is 0 Å². The number of benzene rings is 1. The molecule has 0 aromatic heterocycles. The van der Waals surface area contributed by atoms with Gasteiger partial charge in [0.2, 0.25) is 5.91 Å². The maximum Gasteiger partial charge on any atom is 0.325 e. The Bertz CT molecular complexity index is 557. The first-order valence-electron chi connectivity index (χ1n) is 7.42. The number of nitrogens with zero attached hydrogens (tertiary/aromatic N) is 1. The molecule has 1 heterocycles. The molecule has 22 heavy (non-hydrogen) atoms. The molecule has 1 aromatic carbocycles. The Hall–Kier alpha value is -2.37. The third-order valence-electron chi connectivity index (χ3n) is 3.42. The maximum absolute atomic E-state index is 12.2. The van der Waals surface area contributed by atoms with Crippen LogP contribution in [-0.4, -0.2) is 41.4 Å². The first-order chi connectivity index (χ1) is 10.5. The average molecular weight is 303 g/mol. The van der Waals surface area contributed by atoms with E-state index < -0.39 is 12.1 Å². The van der Waals surface area contributed by atoms with E-state index >= 15 is 0 Å². The smallest absolute Gasteiger partial charge is 0.325 e. The van der Waals surface area contributed by atoms with Gasteiger partial charge < -0.3 is 10.6 Å². The average Bonchev–Trinajstić information content (AvgIpc) is 2.73. The molecule has 2 N–H and O–H groups in total. The summed E-state index contributed by atoms with van der Waals surface area (Å²) in [5.41, 5.74) is 1.11. The van der Waals surface area contributed by atoms with Gasteiger partial charge in [0.1, 0.15) is 12.6 Å². The summed E-state index contributed by atoms with van der Waals surface area (Å²) in [7, 11) is 0. The largest absolute Gasteiger partial charge is 0.352 e. The Kier molecular flexibility index (Phi) is 5.14. The molecule has 0 saturated carbocycles. The zero-order valence-electron chi connectivity index (χ0n) is 12.8. The molecular formula is C16H21N3O3. The highest BCUT2D eigenvalue weighted by Gasteiger charge is 2.38. The number of rotatable bonds is 6. The van der Waals surface area contributed by atoms with Crippen LogP contribution in [0.3, 0.4) is 0 Å². The van der Waals surface area contributed by atoms with Gasteiger partial charge >= 0.3 is 6.03 Å². The van der Waals surface area contributed by atoms with E-state index in [2.05, 4.69) is 10.6 Å². The summed E-state index contributed by atoms with van der Waals surface area (Å²) in [6.07, 6.45) is 1.22. The second-order valence-electron chi connectivity index (χ2n) is 5.67. The number of aryl methyl sites for hydroxylation is 1. The Morgan fingerprint density at radius 2 is 1.95 bits per heavy atom. The number of carbonyl (C=O) groups excluding carboxylic acids is 3. The van der Waals surface area contributed by atoms with E-state index in [9.17, 15) is 14.4 Å². The van der Waals surface area contributed by atoms with Crippen molar-refractivity contribution in [1.82, 2.24) is 15.5 Å². The fourth-order valence-electron chi connectivity index (χ4n) is 2.39. The molecule has 1 aromatic rings. The van der Waals surface area contributed by atoms with Crippen molar-refractivity contribution >= 4 is 17.8 Å². The molecule has 1 aliphatic rings. The molecule has 0 radical (unpaired) electrons. The molecule has 1 aliphatic heterocycles. The van der Waals surface area contributed by atoms with Gasteiger partial charge in [0.15, 0.2) is 0 Å². The van der Waals surface area contributed by atoms with Gasteiger partial charge in [0, 0.05) is 6.04 Å². The van der Waals surface area contributed by atoms with Crippen LogP contribution in [0.1, 0.15) is 25.8 Å². The van der Waals surface area contributed by atoms with Crippen molar-refractivity contribution in [2.24, 2.45) is 0 Å². The van der Waals surface area contributed by atoms with Gasteiger partial charge in [-0.3, -0.25) is 14.5 Å². The van der Waals surface area contributed by atoms with Crippen molar-refractivity contribution in [3.05, 3.63) is 35.9 Å². The fraction of sp³-hybridized carbons (Fsp3) is 0.438. The van der Waals surface area contributed by atoms with Crippen LogP contribution in [0.25, 0.3) is 0 Å². The molecule has 6 heteroatoms. The summed E-state index contributed by atoms with van der Waals surface area (Å²) >= 11 is 0. The molecule has 0 unspecified atom stereocenters. The van der Waals surface area contributed by atoms with Crippen molar-refractivity contribution < 1.29 is 14.4 Å². The number of carbonyl (C=O) groups is 3. The lowest BCUT2D eigenvalue weighted by molar-refractivity contribution is -0.132. The summed E-state index contributed by atoms with van der Waals surface area (Å²) in [4.78, 5) is 36.7. The van der Waals surface area contributed by atoms with Crippen LogP contribution in [0, 0.1) is 0 Å². The van der Waals surface area contributed by atoms with Gasteiger partial charge in [-0.15, -0.1) is 0 Å². The Morgan fingerprint density at radius 1 is 1.27 bits per heavy atom. The summed E-state index contributed by atoms with van der Waals surface area (Å²) in [6, 6.07) is 8.69. The second kappa shape index (κ2) is 7.06. The van der Waals surface area contributed by atoms with E-state index in [1.54, 1.807) is 0 Å². The number of nitrogens with one attached hydrogen (secondary N) is 2. The van der Waals surface area contributed by atoms with Crippen LogP contribution in [-0.2, 0) is 16.0 Å². The van der Waals surface area contributed by atoms with Crippen molar-refractivity contribution in [2.45, 2.75) is 38.8 Å². The molecule has 1 fully saturated rings. The summed E-state index contributed by atoms with van der Waals surface area (Å²) in [6.45, 7) is 3.42. The lowest BCUT2D eigenvalue weighted by Gasteiger charge is -2.14. The number of urea groups is 1. The zero-order valence-corrected chi connectivity index (χ0v) is 12.8. The monoisotopic (exact) mass is 303 g/mol. The Balaban J connectivity index is 1.89. The minimum absolute atomic E-state index is 0.0258. The van der Waals surface area contributed by atoms with Crippen molar-refractivity contribution in [2.75, 3.05) is 6.54 Å². The van der Waals surface area contributed by atoms with Crippen LogP contribution in [0.4, 0.5) is 4.79 Å². The first-order valence-corrected chi connectivity index (χ1v) is 7.42. The van der Waals surface area contributed by atoms with Crippen LogP contribution >= 0.6 is 0 Å². The second-order valence-corrected chi connectivity index (χ2v) is 5.67. The number of amides is 4. The highest BCUT2D eigenvalue weighted by molar-refractivity contribution is 6.06. The third kappa shape index (κ3) is 4.07. The van der Waals surface area contributed by atoms with E-state index in [1.165, 1.54) is 0 Å². The van der Waals surface area contributed by atoms with E-state index in [0.29, 0.717) is 12.8 Å². The molecule has 2 rings (SSSR count). The molecule has 0 spiro atoms. The lowest BCUT2D eigenvalue weighted by atomic mass is 10.1. The molecule has 4 amide bonds. The SMILES string of the molecule is CC(C)NC(=O)CN1C(=O)N[C@H](CCc2ccccc2)C1=O. The summed E-state index contributed by atoms with van der Waals surface area (Å²) in [5, 5.41) is 5.31. The van der Waals surface area contributed by atoms with Gasteiger partial charge in [0.05, 0.1) is 0 Å². The van der Waals surface area contributed by atoms with E-state index in [0.717, 1.165) is 10.5 Å². The van der Waals surface area contributed by atoms with Gasteiger partial charge in [0.25, 0.3) is 5.91 Å². The van der Waals surface area contributed by atoms with Crippen molar-refractivity contribution in [1.29, 1.82) is 0 Å². The van der Waals surface area contributed by atoms with E-state index in [1.807, 2.05) is 44.2 Å². The number of hydrogen-bond donors (Lipinski definition) is 2. The van der Waals surface area contributed by atoms with Crippen molar-refractivity contribution in [3.63, 3.8) is 0 Å². The minimum atomic E-state index is -0.556. The van der Waals surface area contributed by atoms with Crippen LogP contribution in [0.15, 0.2) is 30.3 Å². The van der Waals surface area contributed by atoms with Gasteiger partial charge in [-0.1, -0.05) is 30.3 Å². The molecule has 118 valence electrons. The molecule has 6 nitrogen and oxygen atoms in total. The van der Waals surface area contributed by atoms with Gasteiger partial charge in [-0.05, 0) is 32.3 Å². The zero-order chi connectivity index (χ0) is 16.1. The number of hydrogen-bond acceptors (Lipinski definition) is 3. The number of imide groups is 1. The Morgan fingerprint density at radius 3 is 2.59 bits per heavy atom. The molecular weight excluding hydrogens is 282 g/mol. The van der Waals surface area contributed by atoms with E-state index in [-0.39, 0.29) is 24.4 Å². The maximum atomic E-state index is 12.2. The standard InChI is InChI=1S/C16H21N3O3/c1-11(2)17-14(20)10-19-15(21)13(18-16(19)22)9-8-12-6-4-3-5-7-12/h3-7,11,13H,8-10H2,1-2H3,(H,17,20)(H,18,22)/t13-/m1/s1. The van der Waals surface area contributed by atoms with Crippen molar-refractivity contribution in [3.8, 4) is 0 Å². The minimum Gasteiger partial charge on any atom is -0.352 e. The fourth-order valence-corrected chi connectivity index (χ4v) is 2.39. The molecule has 1 atom stereocenters. The topological polar surface area (TPSA) is 78.5 Å². The van der Waals surface area contributed by atoms with Gasteiger partial charge in [-0.2, -0.15) is 0 Å². The normalized spacial score (nSPS) is 17.8.